The molecule has 3 heterocycles. The van der Waals surface area contributed by atoms with Gasteiger partial charge in [-0.2, -0.15) is 5.26 Å². The van der Waals surface area contributed by atoms with Crippen LogP contribution in [-0.2, 0) is 0 Å². The van der Waals surface area contributed by atoms with E-state index in [0.29, 0.717) is 11.3 Å². The van der Waals surface area contributed by atoms with Crippen LogP contribution in [0.25, 0.3) is 92.9 Å². The van der Waals surface area contributed by atoms with Gasteiger partial charge in [0.2, 0.25) is 5.69 Å². The average molecular weight is 625 g/mol. The molecule has 5 heteroatoms. The molecule has 0 unspecified atom stereocenters. The van der Waals surface area contributed by atoms with Crippen LogP contribution in [0.15, 0.2) is 150 Å². The Morgan fingerprint density at radius 3 is 1.92 bits per heavy atom. The van der Waals surface area contributed by atoms with Crippen LogP contribution in [0.1, 0.15) is 5.56 Å². The second-order valence-corrected chi connectivity index (χ2v) is 12.3. The van der Waals surface area contributed by atoms with Crippen molar-refractivity contribution in [2.75, 3.05) is 0 Å². The third-order valence-electron chi connectivity index (χ3n) is 9.73. The van der Waals surface area contributed by atoms with Crippen molar-refractivity contribution in [1.82, 2.24) is 9.13 Å². The summed E-state index contributed by atoms with van der Waals surface area (Å²) in [5.74, 6) is 0. The van der Waals surface area contributed by atoms with Gasteiger partial charge in [0.1, 0.15) is 11.2 Å². The maximum absolute atomic E-state index is 10.4. The second kappa shape index (κ2) is 10.2. The first-order chi connectivity index (χ1) is 24.2. The molecule has 0 radical (unpaired) electrons. The second-order valence-electron chi connectivity index (χ2n) is 12.3. The number of nitriles is 1. The number of hydrogen-bond donors (Lipinski definition) is 0. The van der Waals surface area contributed by atoms with Gasteiger partial charge in [-0.25, -0.2) is 4.85 Å². The molecule has 10 rings (SSSR count). The van der Waals surface area contributed by atoms with Crippen molar-refractivity contribution in [2.45, 2.75) is 0 Å². The fourth-order valence-corrected chi connectivity index (χ4v) is 7.77. The quantitative estimate of drug-likeness (QED) is 0.184. The van der Waals surface area contributed by atoms with Crippen molar-refractivity contribution in [1.29, 1.82) is 5.26 Å². The summed E-state index contributed by atoms with van der Waals surface area (Å²) in [6.07, 6.45) is 0. The minimum Gasteiger partial charge on any atom is -0.456 e. The van der Waals surface area contributed by atoms with Crippen molar-refractivity contribution in [3.63, 3.8) is 0 Å². The highest BCUT2D eigenvalue weighted by Crippen LogP contribution is 2.44. The first-order valence-electron chi connectivity index (χ1n) is 16.1. The molecular formula is C44H24N4O. The molecule has 0 N–H and O–H groups in total. The number of nitrogens with zero attached hydrogens (tertiary/aromatic N) is 4. The van der Waals surface area contributed by atoms with Crippen LogP contribution in [-0.4, -0.2) is 9.13 Å². The summed E-state index contributed by atoms with van der Waals surface area (Å²) in [6.45, 7) is 8.23. The van der Waals surface area contributed by atoms with E-state index in [2.05, 4.69) is 105 Å². The molecule has 0 saturated carbocycles. The fraction of sp³-hybridized carbons (Fsp3) is 0. The zero-order valence-electron chi connectivity index (χ0n) is 26.1. The van der Waals surface area contributed by atoms with E-state index in [9.17, 15) is 5.26 Å². The van der Waals surface area contributed by atoms with Gasteiger partial charge < -0.3 is 13.6 Å². The number of para-hydroxylation sites is 5. The van der Waals surface area contributed by atoms with Crippen LogP contribution in [0.4, 0.5) is 5.69 Å². The molecule has 226 valence electrons. The predicted molar refractivity (Wildman–Crippen MR) is 199 cm³/mol. The fourth-order valence-electron chi connectivity index (χ4n) is 7.77. The number of aromatic nitrogens is 2. The maximum Gasteiger partial charge on any atom is 0.211 e. The number of rotatable bonds is 3. The Morgan fingerprint density at radius 2 is 1.20 bits per heavy atom. The molecule has 7 aromatic carbocycles. The molecule has 0 spiro atoms. The smallest absolute Gasteiger partial charge is 0.211 e. The van der Waals surface area contributed by atoms with Crippen LogP contribution in [0.3, 0.4) is 0 Å². The molecule has 0 aliphatic carbocycles. The van der Waals surface area contributed by atoms with E-state index in [0.717, 1.165) is 88.1 Å². The van der Waals surface area contributed by atoms with E-state index in [1.54, 1.807) is 0 Å². The molecule has 5 nitrogen and oxygen atoms in total. The van der Waals surface area contributed by atoms with E-state index in [1.807, 2.05) is 60.7 Å². The highest BCUT2D eigenvalue weighted by Gasteiger charge is 2.22. The molecule has 0 bridgehead atoms. The monoisotopic (exact) mass is 624 g/mol. The minimum atomic E-state index is 0.537. The zero-order valence-corrected chi connectivity index (χ0v) is 26.1. The molecule has 0 fully saturated rings. The number of furan rings is 1. The predicted octanol–water partition coefficient (Wildman–Crippen LogP) is 11.9. The van der Waals surface area contributed by atoms with E-state index >= 15 is 0 Å². The van der Waals surface area contributed by atoms with Gasteiger partial charge in [0.15, 0.2) is 0 Å². The number of benzene rings is 7. The zero-order chi connectivity index (χ0) is 32.6. The molecule has 0 amide bonds. The van der Waals surface area contributed by atoms with Crippen LogP contribution in [0.2, 0.25) is 0 Å². The van der Waals surface area contributed by atoms with Gasteiger partial charge in [-0.3, -0.25) is 0 Å². The number of hydrogen-bond acceptors (Lipinski definition) is 2. The SMILES string of the molecule is [C-]#[N+]c1cccc(-c2cc(C#N)cc(-n3c4ccccc4c4c5c(ccc43)oc3ccccc35)c2)c1-n1c2ccccc2c2ccccc21. The van der Waals surface area contributed by atoms with E-state index in [1.165, 1.54) is 0 Å². The topological polar surface area (TPSA) is 51.1 Å². The summed E-state index contributed by atoms with van der Waals surface area (Å²) in [7, 11) is 0. The van der Waals surface area contributed by atoms with Gasteiger partial charge in [0.25, 0.3) is 0 Å². The van der Waals surface area contributed by atoms with Crippen molar-refractivity contribution in [2.24, 2.45) is 0 Å². The van der Waals surface area contributed by atoms with Crippen molar-refractivity contribution in [3.05, 3.63) is 163 Å². The third kappa shape index (κ3) is 3.79. The van der Waals surface area contributed by atoms with E-state index < -0.39 is 0 Å². The summed E-state index contributed by atoms with van der Waals surface area (Å²) in [5, 5.41) is 17.0. The number of fused-ring (bicyclic) bond motifs is 10. The van der Waals surface area contributed by atoms with E-state index in [-0.39, 0.29) is 0 Å². The van der Waals surface area contributed by atoms with Gasteiger partial charge in [-0.1, -0.05) is 91.0 Å². The Hall–Kier alpha value is -7.08. The molecular weight excluding hydrogens is 601 g/mol. The lowest BCUT2D eigenvalue weighted by Gasteiger charge is -2.17. The Kier molecular flexibility index (Phi) is 5.64. The Balaban J connectivity index is 1.30. The third-order valence-corrected chi connectivity index (χ3v) is 9.73. The van der Waals surface area contributed by atoms with Crippen molar-refractivity contribution >= 4 is 71.2 Å². The minimum absolute atomic E-state index is 0.537. The lowest BCUT2D eigenvalue weighted by Crippen LogP contribution is -2.00. The van der Waals surface area contributed by atoms with Crippen molar-refractivity contribution < 1.29 is 4.42 Å². The molecule has 0 aliphatic heterocycles. The molecule has 49 heavy (non-hydrogen) atoms. The van der Waals surface area contributed by atoms with E-state index in [4.69, 9.17) is 11.0 Å². The van der Waals surface area contributed by atoms with Gasteiger partial charge >= 0.3 is 0 Å². The van der Waals surface area contributed by atoms with Gasteiger partial charge in [-0.15, -0.1) is 0 Å². The van der Waals surface area contributed by atoms with Crippen LogP contribution in [0, 0.1) is 17.9 Å². The summed E-state index contributed by atoms with van der Waals surface area (Å²) in [5.41, 5.74) is 10.3. The first-order valence-corrected chi connectivity index (χ1v) is 16.1. The standard InChI is InChI=1S/C44H24N4O/c1-46-35-16-10-15-30(44(35)48-36-17-6-2-11-31(36)32-12-3-7-18-37(32)48)28-23-27(26-45)24-29(25-28)47-38-19-8-4-13-33(38)42-39(47)21-22-41-43(42)34-14-5-9-20-40(34)49-41/h2-25H. The van der Waals surface area contributed by atoms with Gasteiger partial charge in [0.05, 0.1) is 46.0 Å². The molecule has 0 atom stereocenters. The first kappa shape index (κ1) is 27.1. The normalized spacial score (nSPS) is 11.6. The largest absolute Gasteiger partial charge is 0.456 e. The molecule has 10 aromatic rings. The Morgan fingerprint density at radius 1 is 0.551 bits per heavy atom. The average Bonchev–Trinajstić information content (AvgIpc) is 3.82. The Labute approximate surface area is 280 Å². The lowest BCUT2D eigenvalue weighted by atomic mass is 9.99. The summed E-state index contributed by atoms with van der Waals surface area (Å²) in [6, 6.07) is 51.7. The molecule has 0 aliphatic rings. The highest BCUT2D eigenvalue weighted by atomic mass is 16.3. The Bertz CT molecular complexity index is 3030. The van der Waals surface area contributed by atoms with Crippen LogP contribution in [0.5, 0.6) is 0 Å². The molecule has 3 aromatic heterocycles. The maximum atomic E-state index is 10.4. The lowest BCUT2D eigenvalue weighted by molar-refractivity contribution is 0.669. The van der Waals surface area contributed by atoms with Crippen LogP contribution < -0.4 is 0 Å². The molecule has 0 saturated heterocycles. The van der Waals surface area contributed by atoms with Gasteiger partial charge in [0, 0.05) is 38.0 Å². The summed E-state index contributed by atoms with van der Waals surface area (Å²) >= 11 is 0. The van der Waals surface area contributed by atoms with Crippen LogP contribution >= 0.6 is 0 Å². The summed E-state index contributed by atoms with van der Waals surface area (Å²) in [4.78, 5) is 4.02. The van der Waals surface area contributed by atoms with Crippen molar-refractivity contribution in [3.8, 4) is 28.6 Å². The van der Waals surface area contributed by atoms with Gasteiger partial charge in [-0.05, 0) is 65.7 Å². The summed E-state index contributed by atoms with van der Waals surface area (Å²) < 4.78 is 10.7. The highest BCUT2D eigenvalue weighted by molar-refractivity contribution is 6.27.